The molecule has 2 rings (SSSR count). The van der Waals surface area contributed by atoms with Gasteiger partial charge in [-0.2, -0.15) is 0 Å². The Morgan fingerprint density at radius 2 is 1.86 bits per heavy atom. The molecule has 0 saturated heterocycles. The van der Waals surface area contributed by atoms with Crippen molar-refractivity contribution in [3.63, 3.8) is 0 Å². The van der Waals surface area contributed by atoms with Crippen molar-refractivity contribution in [2.24, 2.45) is 0 Å². The second kappa shape index (κ2) is 2.98. The van der Waals surface area contributed by atoms with Crippen LogP contribution in [0.15, 0.2) is 24.3 Å². The summed E-state index contributed by atoms with van der Waals surface area (Å²) in [6.45, 7) is 3.74. The molecule has 2 N–H and O–H groups in total. The summed E-state index contributed by atoms with van der Waals surface area (Å²) in [5.74, 6) is -0.162. The van der Waals surface area contributed by atoms with Gasteiger partial charge in [0.05, 0.1) is 0 Å². The highest BCUT2D eigenvalue weighted by molar-refractivity contribution is 5.91. The standard InChI is InChI=1S/C12H12FN/c1-7-5-10(14)6-9-3-4-11(13)8(2)12(7)9/h3-6H,14H2,1-2H3. The molecule has 0 saturated carbocycles. The Kier molecular flexibility index (Phi) is 1.92. The molecule has 14 heavy (non-hydrogen) atoms. The lowest BCUT2D eigenvalue weighted by molar-refractivity contribution is 0.621. The quantitative estimate of drug-likeness (QED) is 0.633. The predicted molar refractivity (Wildman–Crippen MR) is 57.8 cm³/mol. The van der Waals surface area contributed by atoms with Gasteiger partial charge >= 0.3 is 0 Å². The third-order valence-corrected chi connectivity index (χ3v) is 2.53. The van der Waals surface area contributed by atoms with Crippen LogP contribution in [0.3, 0.4) is 0 Å². The number of halogens is 1. The van der Waals surface area contributed by atoms with E-state index in [-0.39, 0.29) is 5.82 Å². The van der Waals surface area contributed by atoms with Gasteiger partial charge in [-0.25, -0.2) is 4.39 Å². The monoisotopic (exact) mass is 189 g/mol. The number of hydrogen-bond acceptors (Lipinski definition) is 1. The Bertz CT molecular complexity index is 503. The van der Waals surface area contributed by atoms with E-state index in [1.165, 1.54) is 6.07 Å². The number of hydrogen-bond donors (Lipinski definition) is 1. The van der Waals surface area contributed by atoms with Gasteiger partial charge in [0.2, 0.25) is 0 Å². The summed E-state index contributed by atoms with van der Waals surface area (Å²) in [4.78, 5) is 0. The number of rotatable bonds is 0. The van der Waals surface area contributed by atoms with Crippen molar-refractivity contribution in [2.45, 2.75) is 13.8 Å². The van der Waals surface area contributed by atoms with Crippen LogP contribution in [0, 0.1) is 19.7 Å². The maximum absolute atomic E-state index is 13.3. The summed E-state index contributed by atoms with van der Waals surface area (Å²) in [6.07, 6.45) is 0. The van der Waals surface area contributed by atoms with Crippen molar-refractivity contribution >= 4 is 16.5 Å². The van der Waals surface area contributed by atoms with Gasteiger partial charge in [0.1, 0.15) is 5.82 Å². The van der Waals surface area contributed by atoms with Crippen LogP contribution in [-0.2, 0) is 0 Å². The summed E-state index contributed by atoms with van der Waals surface area (Å²) >= 11 is 0. The zero-order chi connectivity index (χ0) is 10.3. The van der Waals surface area contributed by atoms with E-state index in [9.17, 15) is 4.39 Å². The number of anilines is 1. The number of nitrogens with two attached hydrogens (primary N) is 1. The molecule has 0 aliphatic carbocycles. The van der Waals surface area contributed by atoms with Gasteiger partial charge in [-0.1, -0.05) is 6.07 Å². The molecule has 0 atom stereocenters. The first kappa shape index (κ1) is 9.00. The van der Waals surface area contributed by atoms with Crippen LogP contribution in [0.25, 0.3) is 10.8 Å². The predicted octanol–water partition coefficient (Wildman–Crippen LogP) is 3.18. The maximum Gasteiger partial charge on any atom is 0.126 e. The van der Waals surface area contributed by atoms with Gasteiger partial charge in [0.25, 0.3) is 0 Å². The number of fused-ring (bicyclic) bond motifs is 1. The Labute approximate surface area is 82.3 Å². The number of benzene rings is 2. The summed E-state index contributed by atoms with van der Waals surface area (Å²) in [5, 5.41) is 1.97. The second-order valence-corrected chi connectivity index (χ2v) is 3.61. The minimum absolute atomic E-state index is 0.162. The molecular weight excluding hydrogens is 177 g/mol. The molecule has 2 aromatic carbocycles. The van der Waals surface area contributed by atoms with Crippen molar-refractivity contribution in [1.82, 2.24) is 0 Å². The molecule has 0 aliphatic heterocycles. The molecule has 0 spiro atoms. The molecule has 0 heterocycles. The highest BCUT2D eigenvalue weighted by Crippen LogP contribution is 2.26. The van der Waals surface area contributed by atoms with Crippen molar-refractivity contribution in [2.75, 3.05) is 5.73 Å². The topological polar surface area (TPSA) is 26.0 Å². The van der Waals surface area contributed by atoms with Crippen LogP contribution >= 0.6 is 0 Å². The lowest BCUT2D eigenvalue weighted by atomic mass is 10.00. The van der Waals surface area contributed by atoms with Crippen LogP contribution in [0.5, 0.6) is 0 Å². The highest BCUT2D eigenvalue weighted by Gasteiger charge is 2.05. The normalized spacial score (nSPS) is 10.8. The molecule has 72 valence electrons. The van der Waals surface area contributed by atoms with E-state index in [4.69, 9.17) is 5.73 Å². The lowest BCUT2D eigenvalue weighted by Gasteiger charge is -2.07. The molecule has 0 radical (unpaired) electrons. The van der Waals surface area contributed by atoms with Crippen LogP contribution in [-0.4, -0.2) is 0 Å². The molecule has 0 aromatic heterocycles. The lowest BCUT2D eigenvalue weighted by Crippen LogP contribution is -1.91. The summed E-state index contributed by atoms with van der Waals surface area (Å²) in [7, 11) is 0. The number of nitrogen functional groups attached to an aromatic ring is 1. The number of aryl methyl sites for hydroxylation is 2. The smallest absolute Gasteiger partial charge is 0.126 e. The molecule has 0 unspecified atom stereocenters. The van der Waals surface area contributed by atoms with E-state index in [1.54, 1.807) is 13.0 Å². The van der Waals surface area contributed by atoms with Crippen LogP contribution < -0.4 is 5.73 Å². The summed E-state index contributed by atoms with van der Waals surface area (Å²) in [5.41, 5.74) is 8.16. The highest BCUT2D eigenvalue weighted by atomic mass is 19.1. The molecular formula is C12H12FN. The third kappa shape index (κ3) is 1.23. The van der Waals surface area contributed by atoms with Gasteiger partial charge in [0, 0.05) is 5.69 Å². The maximum atomic E-state index is 13.3. The second-order valence-electron chi connectivity index (χ2n) is 3.61. The first-order chi connectivity index (χ1) is 6.59. The summed E-state index contributed by atoms with van der Waals surface area (Å²) < 4.78 is 13.3. The minimum Gasteiger partial charge on any atom is -0.399 e. The van der Waals surface area contributed by atoms with Gasteiger partial charge in [-0.05, 0) is 53.9 Å². The molecule has 2 heteroatoms. The zero-order valence-corrected chi connectivity index (χ0v) is 8.26. The molecule has 0 bridgehead atoms. The third-order valence-electron chi connectivity index (χ3n) is 2.53. The molecule has 2 aromatic rings. The zero-order valence-electron chi connectivity index (χ0n) is 8.26. The fourth-order valence-corrected chi connectivity index (χ4v) is 1.89. The average Bonchev–Trinajstić information content (AvgIpc) is 2.10. The van der Waals surface area contributed by atoms with E-state index in [2.05, 4.69) is 0 Å². The summed E-state index contributed by atoms with van der Waals surface area (Å²) in [6, 6.07) is 6.99. The van der Waals surface area contributed by atoms with E-state index in [0.717, 1.165) is 22.0 Å². The van der Waals surface area contributed by atoms with Gasteiger partial charge in [-0.3, -0.25) is 0 Å². The molecule has 0 amide bonds. The van der Waals surface area contributed by atoms with Crippen molar-refractivity contribution in [3.05, 3.63) is 41.2 Å². The van der Waals surface area contributed by atoms with Gasteiger partial charge < -0.3 is 5.73 Å². The van der Waals surface area contributed by atoms with Gasteiger partial charge in [0.15, 0.2) is 0 Å². The molecule has 0 fully saturated rings. The van der Waals surface area contributed by atoms with Crippen LogP contribution in [0.4, 0.5) is 10.1 Å². The fraction of sp³-hybridized carbons (Fsp3) is 0.167. The largest absolute Gasteiger partial charge is 0.399 e. The van der Waals surface area contributed by atoms with E-state index >= 15 is 0 Å². The first-order valence-corrected chi connectivity index (χ1v) is 4.54. The first-order valence-electron chi connectivity index (χ1n) is 4.54. The van der Waals surface area contributed by atoms with E-state index in [0.29, 0.717) is 5.56 Å². The van der Waals surface area contributed by atoms with Gasteiger partial charge in [-0.15, -0.1) is 0 Å². The molecule has 1 nitrogen and oxygen atoms in total. The van der Waals surface area contributed by atoms with E-state index < -0.39 is 0 Å². The Hall–Kier alpha value is -1.57. The van der Waals surface area contributed by atoms with Crippen molar-refractivity contribution in [1.29, 1.82) is 0 Å². The van der Waals surface area contributed by atoms with Crippen molar-refractivity contribution < 1.29 is 4.39 Å². The van der Waals surface area contributed by atoms with E-state index in [1.807, 2.05) is 19.1 Å². The average molecular weight is 189 g/mol. The van der Waals surface area contributed by atoms with Crippen LogP contribution in [0.2, 0.25) is 0 Å². The SMILES string of the molecule is Cc1cc(N)cc2ccc(F)c(C)c12. The Morgan fingerprint density at radius 3 is 2.57 bits per heavy atom. The molecule has 0 aliphatic rings. The Morgan fingerprint density at radius 1 is 1.14 bits per heavy atom. The minimum atomic E-state index is -0.162. The van der Waals surface area contributed by atoms with Crippen LogP contribution in [0.1, 0.15) is 11.1 Å². The van der Waals surface area contributed by atoms with Crippen molar-refractivity contribution in [3.8, 4) is 0 Å². The fourth-order valence-electron chi connectivity index (χ4n) is 1.89. The Balaban J connectivity index is 2.95.